The van der Waals surface area contributed by atoms with Crippen LogP contribution in [0.2, 0.25) is 10.0 Å². The lowest BCUT2D eigenvalue weighted by Gasteiger charge is -2.44. The third kappa shape index (κ3) is 9.78. The van der Waals surface area contributed by atoms with Gasteiger partial charge in [-0.25, -0.2) is 14.6 Å². The molecule has 1 aromatic heterocycles. The molecule has 2 bridgehead atoms. The third-order valence-corrected chi connectivity index (χ3v) is 11.0. The van der Waals surface area contributed by atoms with Gasteiger partial charge in [0.05, 0.1) is 19.3 Å². The van der Waals surface area contributed by atoms with Gasteiger partial charge >= 0.3 is 18.6 Å². The highest BCUT2D eigenvalue weighted by Gasteiger charge is 2.38. The first-order valence-corrected chi connectivity index (χ1v) is 19.1. The van der Waals surface area contributed by atoms with Gasteiger partial charge in [-0.2, -0.15) is 8.78 Å². The van der Waals surface area contributed by atoms with E-state index in [4.69, 9.17) is 46.9 Å². The van der Waals surface area contributed by atoms with E-state index < -0.39 is 30.7 Å². The molecule has 55 heavy (non-hydrogen) atoms. The molecule has 3 atom stereocenters. The lowest BCUT2D eigenvalue weighted by Crippen LogP contribution is -2.52. The summed E-state index contributed by atoms with van der Waals surface area (Å²) in [6, 6.07) is 17.5. The van der Waals surface area contributed by atoms with E-state index in [9.17, 15) is 18.4 Å². The second-order valence-electron chi connectivity index (χ2n) is 14.1. The fraction of sp³-hybridized carbons (Fsp3) is 0.390. The van der Waals surface area contributed by atoms with Crippen molar-refractivity contribution in [2.75, 3.05) is 38.7 Å². The molecule has 0 radical (unpaired) electrons. The molecule has 8 rings (SSSR count). The Kier molecular flexibility index (Phi) is 12.2. The van der Waals surface area contributed by atoms with E-state index in [2.05, 4.69) is 15.2 Å². The Morgan fingerprint density at radius 2 is 1.67 bits per heavy atom. The lowest BCUT2D eigenvalue weighted by atomic mass is 9.86. The predicted octanol–water partition coefficient (Wildman–Crippen LogP) is 8.14. The van der Waals surface area contributed by atoms with Crippen LogP contribution in [0.1, 0.15) is 64.9 Å². The molecule has 0 spiro atoms. The normalized spacial score (nSPS) is 20.0. The highest BCUT2D eigenvalue weighted by Crippen LogP contribution is 2.39. The van der Waals surface area contributed by atoms with Crippen LogP contribution < -0.4 is 24.5 Å². The van der Waals surface area contributed by atoms with Gasteiger partial charge in [0.25, 0.3) is 0 Å². The number of nitrogens with zero attached hydrogens (tertiary/aromatic N) is 1. The van der Waals surface area contributed by atoms with Crippen LogP contribution in [-0.2, 0) is 20.7 Å². The number of H-pyrrole nitrogens is 1. The summed E-state index contributed by atoms with van der Waals surface area (Å²) in [4.78, 5) is 33.2. The van der Waals surface area contributed by atoms with Crippen molar-refractivity contribution in [1.29, 1.82) is 0 Å². The monoisotopic (exact) mass is 796 g/mol. The number of fused-ring (bicyclic) bond motifs is 3. The Morgan fingerprint density at radius 3 is 2.33 bits per heavy atom. The zero-order valence-corrected chi connectivity index (χ0v) is 31.7. The Labute approximate surface area is 328 Å². The number of esters is 2. The molecule has 3 aliphatic heterocycles. The highest BCUT2D eigenvalue weighted by atomic mass is 35.5. The van der Waals surface area contributed by atoms with Gasteiger partial charge in [0, 0.05) is 30.3 Å². The number of ether oxygens (including phenoxy) is 5. The number of hydrogen-bond donors (Lipinski definition) is 1. The molecule has 1 aliphatic carbocycles. The number of nitrogens with one attached hydrogen (secondary N) is 2. The Balaban J connectivity index is 1.17. The summed E-state index contributed by atoms with van der Waals surface area (Å²) in [6.45, 7) is -0.000157. The van der Waals surface area contributed by atoms with Crippen molar-refractivity contribution in [1.82, 2.24) is 4.90 Å². The van der Waals surface area contributed by atoms with Crippen LogP contribution in [-0.4, -0.2) is 62.9 Å². The summed E-state index contributed by atoms with van der Waals surface area (Å²) in [5.41, 5.74) is 2.14. The Bertz CT molecular complexity index is 1960. The number of halogens is 4. The number of anilines is 1. The summed E-state index contributed by atoms with van der Waals surface area (Å²) >= 11 is 13.1. The van der Waals surface area contributed by atoms with E-state index in [1.54, 1.807) is 24.5 Å². The maximum Gasteiger partial charge on any atom is 0.387 e. The minimum Gasteiger partial charge on any atom is -0.497 e. The minimum atomic E-state index is -3.07. The van der Waals surface area contributed by atoms with Crippen molar-refractivity contribution in [2.24, 2.45) is 11.8 Å². The van der Waals surface area contributed by atoms with Crippen molar-refractivity contribution in [2.45, 2.75) is 57.0 Å². The van der Waals surface area contributed by atoms with Gasteiger partial charge in [-0.15, -0.1) is 0 Å². The molecule has 4 fully saturated rings. The molecule has 10 nitrogen and oxygen atoms in total. The SMILES string of the molecule is COc1cc(NC(C(=O)O[C@H]2CN3CCC2CC3)c2ccccc2)cc(C(=O)O[C@@H](Cc2c(Cl)c[nH+]cc2Cl)c2ccc(OC(F)F)c(OCC3CC3)c2)c1. The van der Waals surface area contributed by atoms with Crippen molar-refractivity contribution < 1.29 is 47.0 Å². The molecule has 4 heterocycles. The Hall–Kier alpha value is -4.65. The summed E-state index contributed by atoms with van der Waals surface area (Å²) < 4.78 is 55.2. The van der Waals surface area contributed by atoms with Crippen LogP contribution in [0.5, 0.6) is 17.2 Å². The standard InChI is InChI=1S/C41H41Cl2F2N3O7/c1-51-30-16-28(15-29(18-30)47-38(26-5-3-2-4-6-26)40(50)54-37-22-48-13-11-25(37)12-14-48)39(49)53-35(19-31-32(42)20-46-21-33(31)43)27-9-10-34(55-41(44)45)36(17-27)52-23-24-7-8-24/h2-6,9-10,15-18,20-21,24-25,35,37-38,41,47H,7-8,11-14,19,22-23H2,1H3/p+1/t35-,37-,38?/m0/s1. The second kappa shape index (κ2) is 17.4. The smallest absolute Gasteiger partial charge is 0.387 e. The highest BCUT2D eigenvalue weighted by molar-refractivity contribution is 6.35. The van der Waals surface area contributed by atoms with Gasteiger partial charge < -0.3 is 29.0 Å². The second-order valence-corrected chi connectivity index (χ2v) is 14.9. The predicted molar refractivity (Wildman–Crippen MR) is 201 cm³/mol. The number of benzene rings is 3. The number of carbonyl (C=O) groups is 2. The molecule has 2 N–H and O–H groups in total. The lowest BCUT2D eigenvalue weighted by molar-refractivity contribution is -0.377. The first kappa shape index (κ1) is 38.6. The van der Waals surface area contributed by atoms with Crippen LogP contribution >= 0.6 is 23.2 Å². The Morgan fingerprint density at radius 1 is 0.927 bits per heavy atom. The van der Waals surface area contributed by atoms with Gasteiger partial charge in [-0.1, -0.05) is 59.6 Å². The number of pyridine rings is 1. The van der Waals surface area contributed by atoms with Crippen molar-refractivity contribution in [3.8, 4) is 17.2 Å². The van der Waals surface area contributed by atoms with E-state index in [1.165, 1.54) is 31.4 Å². The first-order chi connectivity index (χ1) is 26.6. The number of piperidine rings is 3. The van der Waals surface area contributed by atoms with Crippen LogP contribution in [0.15, 0.2) is 79.1 Å². The van der Waals surface area contributed by atoms with Crippen LogP contribution in [0.25, 0.3) is 0 Å². The number of aromatic nitrogens is 1. The van der Waals surface area contributed by atoms with Gasteiger partial charge in [0.2, 0.25) is 0 Å². The zero-order valence-electron chi connectivity index (χ0n) is 30.2. The summed E-state index contributed by atoms with van der Waals surface area (Å²) in [5.74, 6) is -0.225. The van der Waals surface area contributed by atoms with E-state index in [-0.39, 0.29) is 29.6 Å². The number of carbonyl (C=O) groups excluding carboxylic acids is 2. The van der Waals surface area contributed by atoms with Crippen molar-refractivity contribution in [3.05, 3.63) is 111 Å². The average Bonchev–Trinajstić information content (AvgIpc) is 4.03. The number of methoxy groups -OCH3 is 1. The molecule has 3 aromatic carbocycles. The van der Waals surface area contributed by atoms with Crippen LogP contribution in [0, 0.1) is 11.8 Å². The molecular formula is C41H42Cl2F2N3O7+. The van der Waals surface area contributed by atoms with Crippen molar-refractivity contribution in [3.63, 3.8) is 0 Å². The zero-order chi connectivity index (χ0) is 38.5. The third-order valence-electron chi connectivity index (χ3n) is 10.3. The largest absolute Gasteiger partial charge is 0.497 e. The first-order valence-electron chi connectivity index (χ1n) is 18.3. The number of aromatic amines is 1. The molecule has 14 heteroatoms. The van der Waals surface area contributed by atoms with Gasteiger partial charge in [-0.05, 0) is 86.0 Å². The fourth-order valence-electron chi connectivity index (χ4n) is 7.07. The number of alkyl halides is 2. The summed E-state index contributed by atoms with van der Waals surface area (Å²) in [5, 5.41) is 3.90. The fourth-order valence-corrected chi connectivity index (χ4v) is 7.61. The van der Waals surface area contributed by atoms with E-state index in [1.807, 2.05) is 30.3 Å². The average molecular weight is 798 g/mol. The van der Waals surface area contributed by atoms with E-state index in [0.717, 1.165) is 38.8 Å². The van der Waals surface area contributed by atoms with Crippen molar-refractivity contribution >= 4 is 40.8 Å². The van der Waals surface area contributed by atoms with E-state index >= 15 is 0 Å². The maximum absolute atomic E-state index is 14.1. The minimum absolute atomic E-state index is 0.0335. The van der Waals surface area contributed by atoms with Gasteiger partial charge in [-0.3, -0.25) is 4.90 Å². The molecule has 4 aliphatic rings. The number of hydrogen-bond acceptors (Lipinski definition) is 9. The van der Waals surface area contributed by atoms with Gasteiger partial charge in [0.1, 0.15) is 28.0 Å². The number of rotatable bonds is 16. The maximum atomic E-state index is 14.1. The van der Waals surface area contributed by atoms with Crippen LogP contribution in [0.3, 0.4) is 0 Å². The molecule has 290 valence electrons. The molecule has 1 unspecified atom stereocenters. The summed E-state index contributed by atoms with van der Waals surface area (Å²) in [6.07, 6.45) is 5.88. The molecule has 4 aromatic rings. The summed E-state index contributed by atoms with van der Waals surface area (Å²) in [7, 11) is 1.47. The molecule has 3 saturated heterocycles. The molecule has 0 amide bonds. The quantitative estimate of drug-likeness (QED) is 0.112. The molecular weight excluding hydrogens is 755 g/mol. The van der Waals surface area contributed by atoms with Gasteiger partial charge in [0.15, 0.2) is 29.9 Å². The molecule has 1 saturated carbocycles. The van der Waals surface area contributed by atoms with Crippen LogP contribution in [0.4, 0.5) is 14.5 Å². The van der Waals surface area contributed by atoms with E-state index in [0.29, 0.717) is 63.2 Å². The topological polar surface area (TPSA) is 110 Å².